The van der Waals surface area contributed by atoms with E-state index in [0.717, 1.165) is 49.7 Å². The fourth-order valence-electron chi connectivity index (χ4n) is 3.57. The van der Waals surface area contributed by atoms with Crippen molar-refractivity contribution >= 4 is 0 Å². The molecular formula is C20H28N2O2. The summed E-state index contributed by atoms with van der Waals surface area (Å²) < 4.78 is 11.1. The Morgan fingerprint density at radius 2 is 2.04 bits per heavy atom. The van der Waals surface area contributed by atoms with Crippen LogP contribution in [0.5, 0.6) is 5.75 Å². The van der Waals surface area contributed by atoms with Gasteiger partial charge in [0.25, 0.3) is 0 Å². The summed E-state index contributed by atoms with van der Waals surface area (Å²) in [5.41, 5.74) is 3.65. The molecule has 1 unspecified atom stereocenters. The van der Waals surface area contributed by atoms with Crippen LogP contribution >= 0.6 is 0 Å². The van der Waals surface area contributed by atoms with Crippen molar-refractivity contribution in [3.63, 3.8) is 0 Å². The largest absolute Gasteiger partial charge is 0.494 e. The minimum atomic E-state index is 0.428. The number of hydrogen-bond acceptors (Lipinski definition) is 4. The number of nitrogens with zero attached hydrogens (tertiary/aromatic N) is 2. The number of likely N-dealkylation sites (tertiary alicyclic amines) is 1. The summed E-state index contributed by atoms with van der Waals surface area (Å²) in [6.07, 6.45) is 4.68. The van der Waals surface area contributed by atoms with E-state index >= 15 is 0 Å². The Morgan fingerprint density at radius 3 is 2.71 bits per heavy atom. The summed E-state index contributed by atoms with van der Waals surface area (Å²) in [4.78, 5) is 2.54. The van der Waals surface area contributed by atoms with E-state index in [1.165, 1.54) is 24.0 Å². The summed E-state index contributed by atoms with van der Waals surface area (Å²) >= 11 is 0. The minimum absolute atomic E-state index is 0.428. The lowest BCUT2D eigenvalue weighted by Gasteiger charge is -2.24. The third-order valence-corrected chi connectivity index (χ3v) is 4.86. The lowest BCUT2D eigenvalue weighted by Crippen LogP contribution is -2.23. The van der Waals surface area contributed by atoms with E-state index in [2.05, 4.69) is 41.2 Å². The van der Waals surface area contributed by atoms with Gasteiger partial charge in [0.05, 0.1) is 12.3 Å². The molecule has 1 aliphatic heterocycles. The van der Waals surface area contributed by atoms with E-state index in [0.29, 0.717) is 6.04 Å². The second-order valence-electron chi connectivity index (χ2n) is 6.71. The van der Waals surface area contributed by atoms with Crippen LogP contribution in [0.25, 0.3) is 0 Å². The van der Waals surface area contributed by atoms with E-state index in [4.69, 9.17) is 9.26 Å². The highest BCUT2D eigenvalue weighted by molar-refractivity contribution is 5.29. The molecule has 3 rings (SSSR count). The molecule has 2 aromatic rings. The summed E-state index contributed by atoms with van der Waals surface area (Å²) in [5.74, 6) is 1.93. The molecule has 1 atom stereocenters. The Balaban J connectivity index is 1.64. The van der Waals surface area contributed by atoms with Gasteiger partial charge in [0, 0.05) is 18.2 Å². The average molecular weight is 328 g/mol. The van der Waals surface area contributed by atoms with Gasteiger partial charge < -0.3 is 9.26 Å². The van der Waals surface area contributed by atoms with Crippen molar-refractivity contribution < 1.29 is 9.26 Å². The molecule has 0 saturated carbocycles. The molecule has 130 valence electrons. The first kappa shape index (κ1) is 17.0. The molecule has 0 amide bonds. The van der Waals surface area contributed by atoms with Crippen molar-refractivity contribution in [3.8, 4) is 5.75 Å². The van der Waals surface area contributed by atoms with Gasteiger partial charge in [-0.2, -0.15) is 0 Å². The van der Waals surface area contributed by atoms with Gasteiger partial charge in [-0.05, 0) is 57.4 Å². The predicted octanol–water partition coefficient (Wildman–Crippen LogP) is 4.81. The number of aromatic nitrogens is 1. The normalized spacial score (nSPS) is 18.2. The fraction of sp³-hybridized carbons (Fsp3) is 0.550. The Kier molecular flexibility index (Phi) is 5.56. The summed E-state index contributed by atoms with van der Waals surface area (Å²) in [5, 5.41) is 4.13. The summed E-state index contributed by atoms with van der Waals surface area (Å²) in [6, 6.07) is 8.98. The van der Waals surface area contributed by atoms with Crippen LogP contribution in [0.1, 0.15) is 61.2 Å². The molecule has 4 nitrogen and oxygen atoms in total. The molecule has 0 bridgehead atoms. The van der Waals surface area contributed by atoms with Crippen molar-refractivity contribution in [1.82, 2.24) is 10.1 Å². The smallest absolute Gasteiger partial charge is 0.138 e. The highest BCUT2D eigenvalue weighted by Gasteiger charge is 2.30. The molecule has 24 heavy (non-hydrogen) atoms. The van der Waals surface area contributed by atoms with Crippen molar-refractivity contribution in [2.75, 3.05) is 13.2 Å². The first-order valence-electron chi connectivity index (χ1n) is 9.07. The summed E-state index contributed by atoms with van der Waals surface area (Å²) in [7, 11) is 0. The van der Waals surface area contributed by atoms with Crippen molar-refractivity contribution in [2.45, 2.75) is 59.0 Å². The third kappa shape index (κ3) is 3.81. The molecule has 4 heteroatoms. The van der Waals surface area contributed by atoms with Gasteiger partial charge >= 0.3 is 0 Å². The molecule has 0 aliphatic carbocycles. The van der Waals surface area contributed by atoms with Gasteiger partial charge in [-0.1, -0.05) is 30.6 Å². The van der Waals surface area contributed by atoms with E-state index in [1.54, 1.807) is 0 Å². The standard InChI is InChI=1S/C20H28N2O2/c1-4-5-13-23-18-10-8-17(9-11-18)14-22-12-6-7-19(22)20-15(2)21-24-16(20)3/h8-11,19H,4-7,12-14H2,1-3H3. The van der Waals surface area contributed by atoms with Crippen molar-refractivity contribution in [3.05, 3.63) is 46.8 Å². The van der Waals surface area contributed by atoms with Gasteiger partial charge in [0.1, 0.15) is 11.5 Å². The number of benzene rings is 1. The van der Waals surface area contributed by atoms with Crippen LogP contribution in [-0.2, 0) is 6.54 Å². The monoisotopic (exact) mass is 328 g/mol. The Hall–Kier alpha value is -1.81. The van der Waals surface area contributed by atoms with E-state index in [9.17, 15) is 0 Å². The molecule has 0 spiro atoms. The maximum atomic E-state index is 5.75. The Bertz CT molecular complexity index is 629. The van der Waals surface area contributed by atoms with Crippen LogP contribution in [0, 0.1) is 13.8 Å². The van der Waals surface area contributed by atoms with Crippen LogP contribution in [0.2, 0.25) is 0 Å². The molecule has 2 heterocycles. The number of aryl methyl sites for hydroxylation is 2. The highest BCUT2D eigenvalue weighted by atomic mass is 16.5. The van der Waals surface area contributed by atoms with E-state index < -0.39 is 0 Å². The van der Waals surface area contributed by atoms with Gasteiger partial charge in [-0.3, -0.25) is 4.90 Å². The second kappa shape index (κ2) is 7.84. The Morgan fingerprint density at radius 1 is 1.25 bits per heavy atom. The van der Waals surface area contributed by atoms with Crippen molar-refractivity contribution in [1.29, 1.82) is 0 Å². The number of hydrogen-bond donors (Lipinski definition) is 0. The predicted molar refractivity (Wildman–Crippen MR) is 95.2 cm³/mol. The molecule has 1 aliphatic rings. The molecule has 1 fully saturated rings. The number of unbranched alkanes of at least 4 members (excludes halogenated alkanes) is 1. The van der Waals surface area contributed by atoms with Crippen LogP contribution in [-0.4, -0.2) is 23.2 Å². The molecule has 0 N–H and O–H groups in total. The lowest BCUT2D eigenvalue weighted by atomic mass is 10.0. The van der Waals surface area contributed by atoms with Gasteiger partial charge in [-0.25, -0.2) is 0 Å². The zero-order chi connectivity index (χ0) is 16.9. The third-order valence-electron chi connectivity index (χ3n) is 4.86. The maximum Gasteiger partial charge on any atom is 0.138 e. The second-order valence-corrected chi connectivity index (χ2v) is 6.71. The highest BCUT2D eigenvalue weighted by Crippen LogP contribution is 2.36. The van der Waals surface area contributed by atoms with Crippen LogP contribution in [0.3, 0.4) is 0 Å². The molecular weight excluding hydrogens is 300 g/mol. The number of rotatable bonds is 7. The first-order valence-corrected chi connectivity index (χ1v) is 9.07. The molecule has 1 aromatic carbocycles. The lowest BCUT2D eigenvalue weighted by molar-refractivity contribution is 0.245. The van der Waals surface area contributed by atoms with Crippen LogP contribution < -0.4 is 4.74 Å². The molecule has 1 aromatic heterocycles. The van der Waals surface area contributed by atoms with Gasteiger partial charge in [-0.15, -0.1) is 0 Å². The zero-order valence-corrected chi connectivity index (χ0v) is 15.0. The van der Waals surface area contributed by atoms with Gasteiger partial charge in [0.2, 0.25) is 0 Å². The summed E-state index contributed by atoms with van der Waals surface area (Å²) in [6.45, 7) is 9.14. The van der Waals surface area contributed by atoms with Crippen molar-refractivity contribution in [2.24, 2.45) is 0 Å². The average Bonchev–Trinajstić information content (AvgIpc) is 3.15. The quantitative estimate of drug-likeness (QED) is 0.684. The Labute approximate surface area is 144 Å². The van der Waals surface area contributed by atoms with Gasteiger partial charge in [0.15, 0.2) is 0 Å². The van der Waals surface area contributed by atoms with Crippen LogP contribution in [0.15, 0.2) is 28.8 Å². The maximum absolute atomic E-state index is 5.75. The number of ether oxygens (including phenoxy) is 1. The first-order chi connectivity index (χ1) is 11.7. The topological polar surface area (TPSA) is 38.5 Å². The SMILES string of the molecule is CCCCOc1ccc(CN2CCCC2c2c(C)noc2C)cc1. The molecule has 1 saturated heterocycles. The molecule has 0 radical (unpaired) electrons. The van der Waals surface area contributed by atoms with Crippen LogP contribution in [0.4, 0.5) is 0 Å². The zero-order valence-electron chi connectivity index (χ0n) is 15.0. The minimum Gasteiger partial charge on any atom is -0.494 e. The fourth-order valence-corrected chi connectivity index (χ4v) is 3.57. The van der Waals surface area contributed by atoms with E-state index in [-0.39, 0.29) is 0 Å². The van der Waals surface area contributed by atoms with E-state index in [1.807, 2.05) is 13.8 Å².